The topological polar surface area (TPSA) is 26.3 Å². The van der Waals surface area contributed by atoms with E-state index in [2.05, 4.69) is 40.3 Å². The van der Waals surface area contributed by atoms with Crippen LogP contribution >= 0.6 is 0 Å². The summed E-state index contributed by atoms with van der Waals surface area (Å²) in [5, 5.41) is 0. The number of hydrogen-bond donors (Lipinski definition) is 0. The Morgan fingerprint density at radius 2 is 2.07 bits per heavy atom. The molecule has 0 aliphatic heterocycles. The molecule has 1 aliphatic rings. The van der Waals surface area contributed by atoms with Crippen LogP contribution in [0.2, 0.25) is 0 Å². The van der Waals surface area contributed by atoms with E-state index in [-0.39, 0.29) is 17.3 Å². The first kappa shape index (κ1) is 12.0. The van der Waals surface area contributed by atoms with Crippen LogP contribution in [-0.2, 0) is 9.53 Å². The molecule has 0 bridgehead atoms. The maximum Gasteiger partial charge on any atom is 0.310 e. The highest BCUT2D eigenvalue weighted by Crippen LogP contribution is 2.59. The molecule has 0 saturated heterocycles. The number of esters is 1. The highest BCUT2D eigenvalue weighted by Gasteiger charge is 2.61. The third-order valence-electron chi connectivity index (χ3n) is 3.02. The Hall–Kier alpha value is -1.05. The van der Waals surface area contributed by atoms with Gasteiger partial charge < -0.3 is 4.74 Å². The summed E-state index contributed by atoms with van der Waals surface area (Å²) in [7, 11) is 0. The van der Waals surface area contributed by atoms with Crippen LogP contribution in [0.1, 0.15) is 27.7 Å². The zero-order valence-corrected chi connectivity index (χ0v) is 10.0. The molecule has 0 aromatic carbocycles. The minimum absolute atomic E-state index is 0.0207. The van der Waals surface area contributed by atoms with Crippen LogP contribution < -0.4 is 0 Å². The van der Waals surface area contributed by atoms with Gasteiger partial charge in [0.1, 0.15) is 6.61 Å². The van der Waals surface area contributed by atoms with Crippen molar-refractivity contribution in [1.82, 2.24) is 0 Å². The first-order valence-electron chi connectivity index (χ1n) is 5.33. The van der Waals surface area contributed by atoms with E-state index in [1.807, 2.05) is 0 Å². The molecule has 0 aromatic rings. The van der Waals surface area contributed by atoms with Crippen LogP contribution in [0, 0.1) is 17.3 Å². The van der Waals surface area contributed by atoms with Crippen LogP contribution in [0.4, 0.5) is 0 Å². The third-order valence-corrected chi connectivity index (χ3v) is 3.02. The minimum atomic E-state index is -0.0950. The normalized spacial score (nSPS) is 26.7. The van der Waals surface area contributed by atoms with Crippen LogP contribution in [0.5, 0.6) is 0 Å². The highest BCUT2D eigenvalue weighted by molar-refractivity contribution is 5.78. The second-order valence-corrected chi connectivity index (χ2v) is 4.99. The largest absolute Gasteiger partial charge is 0.461 e. The second kappa shape index (κ2) is 4.21. The molecule has 1 rings (SSSR count). The van der Waals surface area contributed by atoms with E-state index in [4.69, 9.17) is 4.74 Å². The Kier molecular flexibility index (Phi) is 3.38. The number of allylic oxidation sites excluding steroid dienone is 2. The van der Waals surface area contributed by atoms with Crippen LogP contribution in [0.3, 0.4) is 0 Å². The van der Waals surface area contributed by atoms with Crippen molar-refractivity contribution in [2.24, 2.45) is 17.3 Å². The van der Waals surface area contributed by atoms with E-state index in [1.54, 1.807) is 6.08 Å². The fourth-order valence-corrected chi connectivity index (χ4v) is 2.03. The summed E-state index contributed by atoms with van der Waals surface area (Å²) in [6.07, 6.45) is 3.77. The van der Waals surface area contributed by atoms with Gasteiger partial charge in [-0.15, -0.1) is 0 Å². The Bertz CT molecular complexity index is 296. The molecule has 1 fully saturated rings. The highest BCUT2D eigenvalue weighted by atomic mass is 16.5. The van der Waals surface area contributed by atoms with Gasteiger partial charge in [0.05, 0.1) is 5.92 Å². The lowest BCUT2D eigenvalue weighted by Gasteiger charge is -2.02. The number of hydrogen-bond acceptors (Lipinski definition) is 2. The third kappa shape index (κ3) is 2.49. The Morgan fingerprint density at radius 3 is 2.53 bits per heavy atom. The van der Waals surface area contributed by atoms with Crippen molar-refractivity contribution in [2.45, 2.75) is 27.7 Å². The van der Waals surface area contributed by atoms with Crippen LogP contribution in [-0.4, -0.2) is 12.6 Å². The zero-order chi connectivity index (χ0) is 11.6. The Labute approximate surface area is 92.0 Å². The molecule has 0 spiro atoms. The predicted octanol–water partition coefficient (Wildman–Crippen LogP) is 2.95. The summed E-state index contributed by atoms with van der Waals surface area (Å²) in [5.74, 6) is 0.259. The molecular weight excluding hydrogens is 188 g/mol. The van der Waals surface area contributed by atoms with Gasteiger partial charge in [-0.25, -0.2) is 0 Å². The van der Waals surface area contributed by atoms with Crippen LogP contribution in [0.15, 0.2) is 24.3 Å². The smallest absolute Gasteiger partial charge is 0.310 e. The quantitative estimate of drug-likeness (QED) is 0.524. The molecule has 0 amide bonds. The lowest BCUT2D eigenvalue weighted by Crippen LogP contribution is -2.10. The van der Waals surface area contributed by atoms with E-state index < -0.39 is 0 Å². The van der Waals surface area contributed by atoms with Crippen molar-refractivity contribution < 1.29 is 9.53 Å². The van der Waals surface area contributed by atoms with Gasteiger partial charge in [-0.3, -0.25) is 4.79 Å². The van der Waals surface area contributed by atoms with Crippen molar-refractivity contribution >= 4 is 5.97 Å². The fourth-order valence-electron chi connectivity index (χ4n) is 2.03. The van der Waals surface area contributed by atoms with Gasteiger partial charge in [-0.2, -0.15) is 0 Å². The molecule has 0 N–H and O–H groups in total. The molecule has 2 heteroatoms. The molecule has 84 valence electrons. The van der Waals surface area contributed by atoms with Crippen molar-refractivity contribution in [3.05, 3.63) is 24.3 Å². The van der Waals surface area contributed by atoms with Gasteiger partial charge in [0.25, 0.3) is 0 Å². The SMILES string of the molecule is C=CCOC(=O)[C@@H]1[C@H](C=C(C)C)C1(C)C. The van der Waals surface area contributed by atoms with Gasteiger partial charge in [-0.1, -0.05) is 38.2 Å². The first-order valence-corrected chi connectivity index (χ1v) is 5.33. The van der Waals surface area contributed by atoms with Gasteiger partial charge in [0.15, 0.2) is 0 Å². The van der Waals surface area contributed by atoms with E-state index in [1.165, 1.54) is 5.57 Å². The van der Waals surface area contributed by atoms with Gasteiger partial charge in [0.2, 0.25) is 0 Å². The first-order chi connectivity index (χ1) is 6.91. The standard InChI is InChI=1S/C13H20O2/c1-6-7-15-12(14)11-10(8-9(2)3)13(11,4)5/h6,8,10-11H,1,7H2,2-5H3/t10-,11-/m0/s1. The van der Waals surface area contributed by atoms with Gasteiger partial charge in [0, 0.05) is 0 Å². The second-order valence-electron chi connectivity index (χ2n) is 4.99. The number of carbonyl (C=O) groups is 1. The number of ether oxygens (including phenoxy) is 1. The summed E-state index contributed by atoms with van der Waals surface area (Å²) in [4.78, 5) is 11.7. The zero-order valence-electron chi connectivity index (χ0n) is 10.0. The molecule has 15 heavy (non-hydrogen) atoms. The molecule has 0 radical (unpaired) electrons. The van der Waals surface area contributed by atoms with E-state index in [9.17, 15) is 4.79 Å². The monoisotopic (exact) mass is 208 g/mol. The van der Waals surface area contributed by atoms with Gasteiger partial charge >= 0.3 is 5.97 Å². The molecular formula is C13H20O2. The molecule has 0 heterocycles. The maximum absolute atomic E-state index is 11.7. The van der Waals surface area contributed by atoms with Gasteiger partial charge in [-0.05, 0) is 25.2 Å². The molecule has 0 aromatic heterocycles. The van der Waals surface area contributed by atoms with Crippen molar-refractivity contribution in [1.29, 1.82) is 0 Å². The average molecular weight is 208 g/mol. The molecule has 0 unspecified atom stereocenters. The fraction of sp³-hybridized carbons (Fsp3) is 0.615. The summed E-state index contributed by atoms with van der Waals surface area (Å²) in [6, 6.07) is 0. The summed E-state index contributed by atoms with van der Waals surface area (Å²) < 4.78 is 5.08. The minimum Gasteiger partial charge on any atom is -0.461 e. The maximum atomic E-state index is 11.7. The van der Waals surface area contributed by atoms with Crippen LogP contribution in [0.25, 0.3) is 0 Å². The number of rotatable bonds is 4. The summed E-state index contributed by atoms with van der Waals surface area (Å²) in [5.41, 5.74) is 1.31. The molecule has 2 nitrogen and oxygen atoms in total. The average Bonchev–Trinajstić information content (AvgIpc) is 2.63. The van der Waals surface area contributed by atoms with Crippen molar-refractivity contribution in [3.8, 4) is 0 Å². The van der Waals surface area contributed by atoms with E-state index in [0.717, 1.165) is 0 Å². The van der Waals surface area contributed by atoms with Crippen molar-refractivity contribution in [3.63, 3.8) is 0 Å². The van der Waals surface area contributed by atoms with Crippen molar-refractivity contribution in [2.75, 3.05) is 6.61 Å². The predicted molar refractivity (Wildman–Crippen MR) is 61.3 cm³/mol. The summed E-state index contributed by atoms with van der Waals surface area (Å²) >= 11 is 0. The molecule has 1 saturated carbocycles. The Balaban J connectivity index is 2.61. The molecule has 2 atom stereocenters. The lowest BCUT2D eigenvalue weighted by molar-refractivity contribution is -0.144. The van der Waals surface area contributed by atoms with E-state index >= 15 is 0 Å². The molecule has 1 aliphatic carbocycles. The Morgan fingerprint density at radius 1 is 1.47 bits per heavy atom. The van der Waals surface area contributed by atoms with E-state index in [0.29, 0.717) is 12.5 Å². The summed E-state index contributed by atoms with van der Waals surface area (Å²) in [6.45, 7) is 12.2. The number of carbonyl (C=O) groups excluding carboxylic acids is 1. The lowest BCUT2D eigenvalue weighted by atomic mass is 10.1.